The van der Waals surface area contributed by atoms with Crippen LogP contribution < -0.4 is 0 Å². The highest BCUT2D eigenvalue weighted by molar-refractivity contribution is 7.96. The van der Waals surface area contributed by atoms with E-state index in [0.717, 1.165) is 6.42 Å². The molecule has 29 heavy (non-hydrogen) atoms. The zero-order chi connectivity index (χ0) is 22.7. The maximum atomic E-state index is 14.6. The summed E-state index contributed by atoms with van der Waals surface area (Å²) >= 11 is -1.76. The van der Waals surface area contributed by atoms with E-state index < -0.39 is 59.5 Å². The second-order valence-electron chi connectivity index (χ2n) is 6.14. The van der Waals surface area contributed by atoms with E-state index in [2.05, 4.69) is 14.1 Å². The number of rotatable bonds is 9. The summed E-state index contributed by atoms with van der Waals surface area (Å²) in [6, 6.07) is 0. The van der Waals surface area contributed by atoms with Gasteiger partial charge in [0, 0.05) is 0 Å². The molecule has 0 saturated heterocycles. The Kier molecular flexibility index (Phi) is 8.09. The molecule has 1 saturated carbocycles. The van der Waals surface area contributed by atoms with Crippen molar-refractivity contribution in [3.63, 3.8) is 0 Å². The maximum Gasteiger partial charge on any atom is 0.460 e. The fourth-order valence-corrected chi connectivity index (χ4v) is 2.98. The van der Waals surface area contributed by atoms with Gasteiger partial charge in [-0.2, -0.15) is 39.5 Å². The molecule has 0 aliphatic heterocycles. The molecule has 0 aromatic carbocycles. The van der Waals surface area contributed by atoms with Crippen molar-refractivity contribution in [1.29, 1.82) is 0 Å². The number of hydrogen-bond acceptors (Lipinski definition) is 6. The first-order chi connectivity index (χ1) is 13.1. The van der Waals surface area contributed by atoms with Crippen LogP contribution in [-0.2, 0) is 18.9 Å². The van der Waals surface area contributed by atoms with E-state index in [4.69, 9.17) is 5.26 Å². The molecule has 0 radical (unpaired) electrons. The van der Waals surface area contributed by atoms with E-state index in [-0.39, 0.29) is 0 Å². The van der Waals surface area contributed by atoms with Crippen molar-refractivity contribution in [2.24, 2.45) is 5.92 Å². The lowest BCUT2D eigenvalue weighted by Gasteiger charge is -2.38. The fraction of sp³-hybridized carbons (Fsp3) is 0.923. The molecule has 1 fully saturated rings. The predicted molar refractivity (Wildman–Crippen MR) is 74.7 cm³/mol. The largest absolute Gasteiger partial charge is 0.462 e. The van der Waals surface area contributed by atoms with Gasteiger partial charge in [-0.3, -0.25) is 0 Å². The van der Waals surface area contributed by atoms with Crippen LogP contribution in [0.4, 0.5) is 43.9 Å². The Bertz CT molecular complexity index is 567. The molecule has 1 atom stereocenters. The minimum absolute atomic E-state index is 0.384. The molecule has 0 heterocycles. The molecule has 5 nitrogen and oxygen atoms in total. The van der Waals surface area contributed by atoms with E-state index in [9.17, 15) is 48.7 Å². The van der Waals surface area contributed by atoms with Crippen molar-refractivity contribution in [2.45, 2.75) is 61.0 Å². The van der Waals surface area contributed by atoms with Gasteiger partial charge in [0.1, 0.15) is 0 Å². The highest BCUT2D eigenvalue weighted by Crippen LogP contribution is 2.59. The monoisotopic (exact) mass is 472 g/mol. The lowest BCUT2D eigenvalue weighted by atomic mass is 9.90. The predicted octanol–water partition coefficient (Wildman–Crippen LogP) is 5.31. The van der Waals surface area contributed by atoms with Gasteiger partial charge in [0.15, 0.2) is 0 Å². The average molecular weight is 472 g/mol. The van der Waals surface area contributed by atoms with Gasteiger partial charge >= 0.3 is 34.9 Å². The van der Waals surface area contributed by atoms with Gasteiger partial charge in [-0.25, -0.2) is 14.4 Å². The number of carbonyl (C=O) groups excluding carboxylic acids is 1. The summed E-state index contributed by atoms with van der Waals surface area (Å²) in [5.74, 6) is -25.4. The summed E-state index contributed by atoms with van der Waals surface area (Å²) in [4.78, 5) is 11.7. The van der Waals surface area contributed by atoms with Gasteiger partial charge in [0.05, 0.1) is 18.6 Å². The molecule has 0 aromatic rings. The first-order valence-electron chi connectivity index (χ1n) is 7.78. The van der Waals surface area contributed by atoms with E-state index in [1.54, 1.807) is 0 Å². The summed E-state index contributed by atoms with van der Waals surface area (Å²) in [5, 5.41) is 4.90. The van der Waals surface area contributed by atoms with Crippen LogP contribution in [0.3, 0.4) is 0 Å². The Labute approximate surface area is 160 Å². The Hall–Kier alpha value is -1.00. The van der Waals surface area contributed by atoms with Crippen molar-refractivity contribution in [2.75, 3.05) is 6.61 Å². The molecule has 0 bridgehead atoms. The van der Waals surface area contributed by atoms with Crippen molar-refractivity contribution in [1.82, 2.24) is 0 Å². The molecule has 0 spiro atoms. The minimum atomic E-state index is -7.47. The van der Waals surface area contributed by atoms with Crippen LogP contribution in [0.1, 0.15) is 32.1 Å². The smallest absolute Gasteiger partial charge is 0.460 e. The molecule has 0 amide bonds. The Morgan fingerprint density at radius 2 is 1.38 bits per heavy atom. The maximum absolute atomic E-state index is 14.6. The Morgan fingerprint density at radius 3 is 1.83 bits per heavy atom. The number of ether oxygens (including phenoxy) is 1. The SMILES string of the molecule is O=C(OCC1CCCCC1)C(F)(SOOO)C(F)(F)C(F)(F)C(F)(F)C(F)(F)F. The van der Waals surface area contributed by atoms with Crippen LogP contribution in [0.5, 0.6) is 0 Å². The van der Waals surface area contributed by atoms with Gasteiger partial charge < -0.3 is 4.74 Å². The van der Waals surface area contributed by atoms with Crippen LogP contribution in [0.2, 0.25) is 0 Å². The lowest BCUT2D eigenvalue weighted by Crippen LogP contribution is -2.68. The molecule has 1 unspecified atom stereocenters. The van der Waals surface area contributed by atoms with Gasteiger partial charge in [-0.05, 0) is 18.8 Å². The highest BCUT2D eigenvalue weighted by Gasteiger charge is 2.88. The summed E-state index contributed by atoms with van der Waals surface area (Å²) in [6.45, 7) is -0.789. The first kappa shape index (κ1) is 26.0. The average Bonchev–Trinajstić information content (AvgIpc) is 2.63. The van der Waals surface area contributed by atoms with Crippen LogP contribution in [0.15, 0.2) is 0 Å². The number of alkyl halides is 10. The first-order valence-corrected chi connectivity index (χ1v) is 8.52. The third kappa shape index (κ3) is 4.85. The Morgan fingerprint density at radius 1 is 0.862 bits per heavy atom. The topological polar surface area (TPSA) is 65.0 Å². The molecule has 1 rings (SSSR count). The van der Waals surface area contributed by atoms with Crippen molar-refractivity contribution >= 4 is 18.0 Å². The van der Waals surface area contributed by atoms with Gasteiger partial charge in [-0.15, -0.1) is 4.33 Å². The van der Waals surface area contributed by atoms with Crippen molar-refractivity contribution < 1.29 is 68.1 Å². The third-order valence-corrected chi connectivity index (χ3v) is 4.95. The minimum Gasteiger partial charge on any atom is -0.462 e. The lowest BCUT2D eigenvalue weighted by molar-refractivity contribution is -0.435. The zero-order valence-electron chi connectivity index (χ0n) is 14.1. The van der Waals surface area contributed by atoms with Crippen LogP contribution >= 0.6 is 12.0 Å². The van der Waals surface area contributed by atoms with Crippen molar-refractivity contribution in [3.8, 4) is 0 Å². The van der Waals surface area contributed by atoms with Crippen molar-refractivity contribution in [3.05, 3.63) is 0 Å². The fourth-order valence-electron chi connectivity index (χ4n) is 2.49. The number of carbonyl (C=O) groups is 1. The van der Waals surface area contributed by atoms with E-state index >= 15 is 0 Å². The molecule has 1 aliphatic rings. The van der Waals surface area contributed by atoms with Crippen LogP contribution in [0.25, 0.3) is 0 Å². The third-order valence-electron chi connectivity index (χ3n) is 4.17. The second-order valence-corrected chi connectivity index (χ2v) is 7.01. The standard InChI is InChI=1S/C13H14F10O5S/c14-9(29-28-27-25,8(24)26-6-7-4-2-1-3-5-7)10(15,16)11(17,18)12(19,20)13(21,22)23/h7,25H,1-6H2. The van der Waals surface area contributed by atoms with Gasteiger partial charge in [0.2, 0.25) is 0 Å². The molecule has 172 valence electrons. The molecule has 16 heteroatoms. The quantitative estimate of drug-likeness (QED) is 0.161. The van der Waals surface area contributed by atoms with Gasteiger partial charge in [0.25, 0.3) is 0 Å². The Balaban J connectivity index is 3.21. The molecular formula is C13H14F10O5S. The number of halogens is 10. The number of esters is 1. The number of hydrogen-bond donors (Lipinski definition) is 1. The highest BCUT2D eigenvalue weighted by atomic mass is 32.2. The van der Waals surface area contributed by atoms with E-state index in [1.807, 2.05) is 0 Å². The molecular weight excluding hydrogens is 458 g/mol. The molecule has 1 N–H and O–H groups in total. The summed E-state index contributed by atoms with van der Waals surface area (Å²) in [5.41, 5.74) is 0. The van der Waals surface area contributed by atoms with Crippen LogP contribution in [0, 0.1) is 5.92 Å². The van der Waals surface area contributed by atoms with E-state index in [1.165, 1.54) is 0 Å². The molecule has 0 aromatic heterocycles. The normalized spacial score (nSPS) is 19.7. The second kappa shape index (κ2) is 9.01. The summed E-state index contributed by atoms with van der Waals surface area (Å²) in [6.07, 6.45) is -4.45. The zero-order valence-corrected chi connectivity index (χ0v) is 14.9. The molecule has 1 aliphatic carbocycles. The van der Waals surface area contributed by atoms with E-state index in [0.29, 0.717) is 25.7 Å². The summed E-state index contributed by atoms with van der Waals surface area (Å²) < 4.78 is 139. The van der Waals surface area contributed by atoms with Crippen LogP contribution in [-0.4, -0.2) is 46.8 Å². The summed E-state index contributed by atoms with van der Waals surface area (Å²) in [7, 11) is 0. The van der Waals surface area contributed by atoms with Gasteiger partial charge in [-0.1, -0.05) is 24.3 Å².